The Morgan fingerprint density at radius 1 is 1.30 bits per heavy atom. The van der Waals surface area contributed by atoms with Gasteiger partial charge in [0.2, 0.25) is 5.76 Å². The molecule has 2 aliphatic carbocycles. The average Bonchev–Trinajstić information content (AvgIpc) is 3.11. The van der Waals surface area contributed by atoms with Crippen LogP contribution in [0.3, 0.4) is 0 Å². The third-order valence-corrected chi connectivity index (χ3v) is 6.38. The van der Waals surface area contributed by atoms with Crippen molar-refractivity contribution >= 4 is 22.7 Å². The van der Waals surface area contributed by atoms with Crippen molar-refractivity contribution in [1.82, 2.24) is 0 Å². The molecule has 23 heavy (non-hydrogen) atoms. The van der Waals surface area contributed by atoms with Crippen LogP contribution in [0.1, 0.15) is 50.6 Å². The monoisotopic (exact) mass is 311 g/mol. The fourth-order valence-corrected chi connectivity index (χ4v) is 4.29. The van der Waals surface area contributed by atoms with Gasteiger partial charge in [-0.2, -0.15) is 0 Å². The van der Waals surface area contributed by atoms with Crippen LogP contribution in [-0.4, -0.2) is 11.7 Å². The van der Waals surface area contributed by atoms with Crippen LogP contribution >= 0.6 is 0 Å². The lowest BCUT2D eigenvalue weighted by Crippen LogP contribution is -2.32. The van der Waals surface area contributed by atoms with Gasteiger partial charge in [-0.05, 0) is 42.7 Å². The van der Waals surface area contributed by atoms with Gasteiger partial charge in [0.25, 0.3) is 0 Å². The fourth-order valence-electron chi connectivity index (χ4n) is 4.29. The highest BCUT2D eigenvalue weighted by Crippen LogP contribution is 2.64. The summed E-state index contributed by atoms with van der Waals surface area (Å²) in [5, 5.41) is 5.12. The number of hydrogen-bond donors (Lipinski definition) is 0. The molecule has 2 bridgehead atoms. The normalized spacial score (nSPS) is 30.2. The SMILES string of the molecule is CC1(C)[C@H]2CC[C@@]1(C)/C(=N/OC(=O)c1cc3ccccc3o1)C2. The molecule has 4 nitrogen and oxygen atoms in total. The molecule has 4 heteroatoms. The van der Waals surface area contributed by atoms with E-state index in [9.17, 15) is 4.79 Å². The summed E-state index contributed by atoms with van der Waals surface area (Å²) in [6, 6.07) is 9.22. The number of carbonyl (C=O) groups is 1. The van der Waals surface area contributed by atoms with Gasteiger partial charge < -0.3 is 9.25 Å². The maximum absolute atomic E-state index is 12.2. The highest BCUT2D eigenvalue weighted by molar-refractivity contribution is 5.96. The quantitative estimate of drug-likeness (QED) is 0.592. The van der Waals surface area contributed by atoms with Gasteiger partial charge in [0.1, 0.15) is 5.58 Å². The molecule has 1 aromatic carbocycles. The second kappa shape index (κ2) is 4.70. The maximum Gasteiger partial charge on any atom is 0.400 e. The molecule has 0 radical (unpaired) electrons. The first-order valence-corrected chi connectivity index (χ1v) is 8.19. The van der Waals surface area contributed by atoms with Gasteiger partial charge in [-0.15, -0.1) is 0 Å². The van der Waals surface area contributed by atoms with Crippen molar-refractivity contribution in [1.29, 1.82) is 0 Å². The van der Waals surface area contributed by atoms with E-state index in [1.807, 2.05) is 24.3 Å². The van der Waals surface area contributed by atoms with Crippen LogP contribution < -0.4 is 0 Å². The molecule has 2 aromatic rings. The van der Waals surface area contributed by atoms with Gasteiger partial charge in [0, 0.05) is 10.8 Å². The van der Waals surface area contributed by atoms with Crippen LogP contribution in [0.2, 0.25) is 0 Å². The van der Waals surface area contributed by atoms with Crippen molar-refractivity contribution in [3.63, 3.8) is 0 Å². The molecule has 0 spiro atoms. The van der Waals surface area contributed by atoms with Gasteiger partial charge in [-0.25, -0.2) is 4.79 Å². The van der Waals surface area contributed by atoms with Crippen LogP contribution in [0.25, 0.3) is 11.0 Å². The summed E-state index contributed by atoms with van der Waals surface area (Å²) in [5.41, 5.74) is 1.95. The van der Waals surface area contributed by atoms with Crippen molar-refractivity contribution < 1.29 is 14.0 Å². The molecular formula is C19H21NO3. The molecule has 4 rings (SSSR count). The summed E-state index contributed by atoms with van der Waals surface area (Å²) in [6.07, 6.45) is 3.28. The zero-order valence-electron chi connectivity index (χ0n) is 13.8. The first kappa shape index (κ1) is 14.5. The van der Waals surface area contributed by atoms with Gasteiger partial charge in [0.05, 0.1) is 5.71 Å². The van der Waals surface area contributed by atoms with Crippen LogP contribution in [0.4, 0.5) is 0 Å². The van der Waals surface area contributed by atoms with Gasteiger partial charge in [-0.1, -0.05) is 44.1 Å². The predicted octanol–water partition coefficient (Wildman–Crippen LogP) is 4.79. The average molecular weight is 311 g/mol. The van der Waals surface area contributed by atoms with E-state index >= 15 is 0 Å². The molecule has 2 fully saturated rings. The number of benzene rings is 1. The van der Waals surface area contributed by atoms with Crippen molar-refractivity contribution in [3.05, 3.63) is 36.1 Å². The first-order chi connectivity index (χ1) is 10.9. The Morgan fingerprint density at radius 3 is 2.74 bits per heavy atom. The number of oxime groups is 1. The van der Waals surface area contributed by atoms with Crippen molar-refractivity contribution in [2.45, 2.75) is 40.0 Å². The number of rotatable bonds is 2. The highest BCUT2D eigenvalue weighted by atomic mass is 16.7. The summed E-state index contributed by atoms with van der Waals surface area (Å²) in [7, 11) is 0. The molecule has 0 saturated heterocycles. The Bertz CT molecular complexity index is 784. The van der Waals surface area contributed by atoms with E-state index in [1.54, 1.807) is 6.07 Å². The van der Waals surface area contributed by atoms with Crippen molar-refractivity contribution in [3.8, 4) is 0 Å². The van der Waals surface area contributed by atoms with E-state index in [2.05, 4.69) is 25.9 Å². The van der Waals surface area contributed by atoms with Crippen LogP contribution in [0.15, 0.2) is 39.9 Å². The largest absolute Gasteiger partial charge is 0.449 e. The fraction of sp³-hybridized carbons (Fsp3) is 0.474. The van der Waals surface area contributed by atoms with Crippen LogP contribution in [-0.2, 0) is 4.84 Å². The lowest BCUT2D eigenvalue weighted by molar-refractivity contribution is 0.0474. The van der Waals surface area contributed by atoms with Gasteiger partial charge in [-0.3, -0.25) is 0 Å². The Morgan fingerprint density at radius 2 is 2.09 bits per heavy atom. The minimum absolute atomic E-state index is 0.0336. The van der Waals surface area contributed by atoms with Crippen molar-refractivity contribution in [2.75, 3.05) is 0 Å². The molecule has 2 saturated carbocycles. The Hall–Kier alpha value is -2.10. The van der Waals surface area contributed by atoms with E-state index in [0.717, 1.165) is 23.9 Å². The second-order valence-corrected chi connectivity index (χ2v) is 7.56. The number of hydrogen-bond acceptors (Lipinski definition) is 4. The van der Waals surface area contributed by atoms with Gasteiger partial charge in [0.15, 0.2) is 0 Å². The minimum atomic E-state index is -0.530. The maximum atomic E-state index is 12.2. The summed E-state index contributed by atoms with van der Waals surface area (Å²) >= 11 is 0. The molecule has 2 aliphatic rings. The summed E-state index contributed by atoms with van der Waals surface area (Å²) < 4.78 is 5.53. The van der Waals surface area contributed by atoms with Gasteiger partial charge >= 0.3 is 5.97 Å². The second-order valence-electron chi connectivity index (χ2n) is 7.56. The van der Waals surface area contributed by atoms with Crippen molar-refractivity contribution in [2.24, 2.45) is 21.9 Å². The zero-order chi connectivity index (χ0) is 16.2. The van der Waals surface area contributed by atoms with Crippen LogP contribution in [0.5, 0.6) is 0 Å². The van der Waals surface area contributed by atoms with E-state index in [4.69, 9.17) is 9.25 Å². The molecule has 1 aromatic heterocycles. The third-order valence-electron chi connectivity index (χ3n) is 6.38. The number of nitrogens with zero attached hydrogens (tertiary/aromatic N) is 1. The molecule has 0 N–H and O–H groups in total. The molecule has 0 aliphatic heterocycles. The minimum Gasteiger partial charge on any atom is -0.449 e. The van der Waals surface area contributed by atoms with Crippen LogP contribution in [0, 0.1) is 16.7 Å². The number of furan rings is 1. The molecule has 1 heterocycles. The summed E-state index contributed by atoms with van der Waals surface area (Å²) in [5.74, 6) is 0.303. The lowest BCUT2D eigenvalue weighted by atomic mass is 9.70. The molecule has 2 atom stereocenters. The van der Waals surface area contributed by atoms with E-state index in [-0.39, 0.29) is 16.6 Å². The lowest BCUT2D eigenvalue weighted by Gasteiger charge is -2.34. The number of carbonyl (C=O) groups excluding carboxylic acids is 1. The summed E-state index contributed by atoms with van der Waals surface area (Å²) in [6.45, 7) is 6.84. The first-order valence-electron chi connectivity index (χ1n) is 8.19. The predicted molar refractivity (Wildman–Crippen MR) is 88.3 cm³/mol. The molecule has 120 valence electrons. The Balaban J connectivity index is 1.56. The van der Waals surface area contributed by atoms with E-state index < -0.39 is 5.97 Å². The molecule has 0 unspecified atom stereocenters. The highest BCUT2D eigenvalue weighted by Gasteiger charge is 2.60. The molecular weight excluding hydrogens is 290 g/mol. The standard InChI is InChI=1S/C19H21NO3/c1-18(2)13-8-9-19(18,3)16(11-13)20-23-17(21)15-10-12-6-4-5-7-14(12)22-15/h4-7,10,13H,8-9,11H2,1-3H3/b20-16+/t13-,19-/m0/s1. The smallest absolute Gasteiger partial charge is 0.400 e. The molecule has 0 amide bonds. The Labute approximate surface area is 135 Å². The van der Waals surface area contributed by atoms with E-state index in [1.165, 1.54) is 6.42 Å². The third kappa shape index (κ3) is 1.97. The number of fused-ring (bicyclic) bond motifs is 3. The topological polar surface area (TPSA) is 51.8 Å². The van der Waals surface area contributed by atoms with E-state index in [0.29, 0.717) is 11.5 Å². The number of para-hydroxylation sites is 1. The zero-order valence-corrected chi connectivity index (χ0v) is 13.8. The Kier molecular flexibility index (Phi) is 2.96. The summed E-state index contributed by atoms with van der Waals surface area (Å²) in [4.78, 5) is 17.4.